The minimum Gasteiger partial charge on any atom is -0.497 e. The van der Waals surface area contributed by atoms with E-state index in [-0.39, 0.29) is 5.25 Å². The Morgan fingerprint density at radius 1 is 1.17 bits per heavy atom. The SMILES string of the molecule is COc1ccc(CNc2ncnc3c2SC(c2cccc(NS(C)(=O)=O)c2)C3)cc1. The molecule has 1 aromatic heterocycles. The fraction of sp³-hybridized carbons (Fsp3) is 0.238. The molecule has 1 aliphatic heterocycles. The molecular weight excluding hydrogens is 420 g/mol. The van der Waals surface area contributed by atoms with Gasteiger partial charge in [0.1, 0.15) is 17.9 Å². The van der Waals surface area contributed by atoms with Gasteiger partial charge in [0, 0.05) is 23.9 Å². The van der Waals surface area contributed by atoms with Crippen LogP contribution in [0.25, 0.3) is 0 Å². The van der Waals surface area contributed by atoms with Gasteiger partial charge >= 0.3 is 0 Å². The molecule has 0 bridgehead atoms. The third-order valence-electron chi connectivity index (χ3n) is 4.70. The molecule has 2 aromatic carbocycles. The smallest absolute Gasteiger partial charge is 0.229 e. The Morgan fingerprint density at radius 3 is 2.70 bits per heavy atom. The number of benzene rings is 2. The molecular formula is C21H22N4O3S2. The first-order valence-electron chi connectivity index (χ1n) is 9.36. The first kappa shape index (κ1) is 20.5. The number of rotatable bonds is 7. The number of fused-ring (bicyclic) bond motifs is 1. The second-order valence-corrected chi connectivity index (χ2v) is 9.97. The fourth-order valence-electron chi connectivity index (χ4n) is 3.30. The maximum Gasteiger partial charge on any atom is 0.229 e. The summed E-state index contributed by atoms with van der Waals surface area (Å²) < 4.78 is 30.8. The van der Waals surface area contributed by atoms with Gasteiger partial charge < -0.3 is 10.1 Å². The van der Waals surface area contributed by atoms with Gasteiger partial charge in [-0.25, -0.2) is 18.4 Å². The summed E-state index contributed by atoms with van der Waals surface area (Å²) in [6.07, 6.45) is 3.50. The highest BCUT2D eigenvalue weighted by Gasteiger charge is 2.28. The minimum atomic E-state index is -3.31. The van der Waals surface area contributed by atoms with Gasteiger partial charge in [-0.15, -0.1) is 11.8 Å². The average Bonchev–Trinajstić information content (AvgIpc) is 3.16. The molecule has 0 saturated carbocycles. The summed E-state index contributed by atoms with van der Waals surface area (Å²) in [4.78, 5) is 9.93. The number of ether oxygens (including phenoxy) is 1. The molecule has 2 heterocycles. The molecule has 2 N–H and O–H groups in total. The zero-order chi connectivity index (χ0) is 21.1. The van der Waals surface area contributed by atoms with Gasteiger partial charge in [-0.05, 0) is 35.4 Å². The number of nitrogens with one attached hydrogen (secondary N) is 2. The van der Waals surface area contributed by atoms with Crippen molar-refractivity contribution in [1.82, 2.24) is 9.97 Å². The van der Waals surface area contributed by atoms with Gasteiger partial charge in [0.05, 0.1) is 24.0 Å². The lowest BCUT2D eigenvalue weighted by Crippen LogP contribution is -2.09. The third kappa shape index (κ3) is 4.85. The number of anilines is 2. The van der Waals surface area contributed by atoms with Gasteiger partial charge in [-0.2, -0.15) is 0 Å². The van der Waals surface area contributed by atoms with E-state index in [0.29, 0.717) is 12.2 Å². The van der Waals surface area contributed by atoms with E-state index < -0.39 is 10.0 Å². The van der Waals surface area contributed by atoms with Gasteiger partial charge in [-0.1, -0.05) is 24.3 Å². The van der Waals surface area contributed by atoms with Crippen molar-refractivity contribution in [2.45, 2.75) is 23.1 Å². The van der Waals surface area contributed by atoms with Crippen molar-refractivity contribution in [3.63, 3.8) is 0 Å². The van der Waals surface area contributed by atoms with E-state index in [1.165, 1.54) is 0 Å². The summed E-state index contributed by atoms with van der Waals surface area (Å²) in [6.45, 7) is 0.645. The van der Waals surface area contributed by atoms with Crippen molar-refractivity contribution in [2.24, 2.45) is 0 Å². The molecule has 0 aliphatic carbocycles. The maximum atomic E-state index is 11.5. The van der Waals surface area contributed by atoms with Crippen molar-refractivity contribution in [2.75, 3.05) is 23.4 Å². The highest BCUT2D eigenvalue weighted by atomic mass is 32.2. The van der Waals surface area contributed by atoms with Crippen LogP contribution in [0, 0.1) is 0 Å². The highest BCUT2D eigenvalue weighted by molar-refractivity contribution is 8.00. The summed E-state index contributed by atoms with van der Waals surface area (Å²) in [5, 5.41) is 3.56. The van der Waals surface area contributed by atoms with E-state index in [0.717, 1.165) is 46.0 Å². The Hall–Kier alpha value is -2.78. The summed E-state index contributed by atoms with van der Waals surface area (Å²) in [5.41, 5.74) is 3.74. The quantitative estimate of drug-likeness (QED) is 0.574. The molecule has 1 aliphatic rings. The molecule has 30 heavy (non-hydrogen) atoms. The van der Waals surface area contributed by atoms with Crippen LogP contribution in [0.3, 0.4) is 0 Å². The number of hydrogen-bond donors (Lipinski definition) is 2. The Bertz CT molecular complexity index is 1150. The molecule has 9 heteroatoms. The van der Waals surface area contributed by atoms with E-state index in [2.05, 4.69) is 20.0 Å². The number of hydrogen-bond acceptors (Lipinski definition) is 7. The van der Waals surface area contributed by atoms with Crippen molar-refractivity contribution >= 4 is 33.3 Å². The minimum absolute atomic E-state index is 0.152. The summed E-state index contributed by atoms with van der Waals surface area (Å²) >= 11 is 1.70. The third-order valence-corrected chi connectivity index (χ3v) is 6.69. The van der Waals surface area contributed by atoms with Crippen molar-refractivity contribution in [3.8, 4) is 5.75 Å². The van der Waals surface area contributed by atoms with Gasteiger partial charge in [0.2, 0.25) is 10.0 Å². The first-order valence-corrected chi connectivity index (χ1v) is 12.1. The number of methoxy groups -OCH3 is 1. The Kier molecular flexibility index (Phi) is 5.83. The molecule has 156 valence electrons. The molecule has 0 saturated heterocycles. The van der Waals surface area contributed by atoms with E-state index in [4.69, 9.17) is 4.74 Å². The molecule has 0 radical (unpaired) electrons. The lowest BCUT2D eigenvalue weighted by molar-refractivity contribution is 0.414. The summed E-state index contributed by atoms with van der Waals surface area (Å²) in [6, 6.07) is 15.4. The number of thioether (sulfide) groups is 1. The monoisotopic (exact) mass is 442 g/mol. The molecule has 0 spiro atoms. The lowest BCUT2D eigenvalue weighted by Gasteiger charge is -2.12. The molecule has 7 nitrogen and oxygen atoms in total. The zero-order valence-electron chi connectivity index (χ0n) is 16.6. The summed E-state index contributed by atoms with van der Waals surface area (Å²) in [7, 11) is -1.66. The van der Waals surface area contributed by atoms with Crippen LogP contribution in [-0.2, 0) is 23.0 Å². The second-order valence-electron chi connectivity index (χ2n) is 7.01. The molecule has 1 atom stereocenters. The van der Waals surface area contributed by atoms with Crippen LogP contribution < -0.4 is 14.8 Å². The zero-order valence-corrected chi connectivity index (χ0v) is 18.3. The van der Waals surface area contributed by atoms with E-state index in [9.17, 15) is 8.42 Å². The van der Waals surface area contributed by atoms with Crippen LogP contribution in [0.4, 0.5) is 11.5 Å². The first-order chi connectivity index (χ1) is 14.4. The Balaban J connectivity index is 1.48. The van der Waals surface area contributed by atoms with Crippen LogP contribution >= 0.6 is 11.8 Å². The second kappa shape index (κ2) is 8.53. The molecule has 4 rings (SSSR count). The maximum absolute atomic E-state index is 11.5. The fourth-order valence-corrected chi connectivity index (χ4v) is 5.17. The lowest BCUT2D eigenvalue weighted by atomic mass is 10.1. The van der Waals surface area contributed by atoms with E-state index in [1.54, 1.807) is 31.3 Å². The number of aromatic nitrogens is 2. The van der Waals surface area contributed by atoms with Crippen molar-refractivity contribution in [1.29, 1.82) is 0 Å². The average molecular weight is 443 g/mol. The van der Waals surface area contributed by atoms with Crippen LogP contribution in [0.5, 0.6) is 5.75 Å². The molecule has 3 aromatic rings. The predicted molar refractivity (Wildman–Crippen MR) is 120 cm³/mol. The van der Waals surface area contributed by atoms with Crippen LogP contribution in [0.2, 0.25) is 0 Å². The highest BCUT2D eigenvalue weighted by Crippen LogP contribution is 2.48. The number of sulfonamides is 1. The van der Waals surface area contributed by atoms with Gasteiger partial charge in [0.25, 0.3) is 0 Å². The Labute approximate surface area is 180 Å². The van der Waals surface area contributed by atoms with Crippen molar-refractivity contribution < 1.29 is 13.2 Å². The van der Waals surface area contributed by atoms with E-state index in [1.807, 2.05) is 42.5 Å². The molecule has 1 unspecified atom stereocenters. The van der Waals surface area contributed by atoms with Gasteiger partial charge in [-0.3, -0.25) is 4.72 Å². The van der Waals surface area contributed by atoms with Crippen molar-refractivity contribution in [3.05, 3.63) is 71.7 Å². The normalized spacial score (nSPS) is 15.5. The molecule has 0 fully saturated rings. The summed E-state index contributed by atoms with van der Waals surface area (Å²) in [5.74, 6) is 1.64. The van der Waals surface area contributed by atoms with E-state index >= 15 is 0 Å². The van der Waals surface area contributed by atoms with Crippen LogP contribution in [-0.4, -0.2) is 31.8 Å². The molecule has 0 amide bonds. The topological polar surface area (TPSA) is 93.2 Å². The van der Waals surface area contributed by atoms with Crippen LogP contribution in [0.15, 0.2) is 59.8 Å². The standard InChI is InChI=1S/C21H22N4O3S2/c1-28-17-8-6-14(7-9-17)12-22-21-20-18(23-13-24-21)11-19(29-20)15-4-3-5-16(10-15)25-30(2,26)27/h3-10,13,19,25H,11-12H2,1-2H3,(H,22,23,24). The number of nitrogens with zero attached hydrogens (tertiary/aromatic N) is 2. The predicted octanol–water partition coefficient (Wildman–Crippen LogP) is 3.86. The largest absolute Gasteiger partial charge is 0.497 e. The Morgan fingerprint density at radius 2 is 1.97 bits per heavy atom. The van der Waals surface area contributed by atoms with Gasteiger partial charge in [0.15, 0.2) is 0 Å². The van der Waals surface area contributed by atoms with Crippen LogP contribution in [0.1, 0.15) is 22.1 Å².